The maximum absolute atomic E-state index is 13.0. The van der Waals surface area contributed by atoms with E-state index in [1.807, 2.05) is 30.3 Å². The molecule has 0 saturated carbocycles. The number of hydrogen-bond donors (Lipinski definition) is 1. The van der Waals surface area contributed by atoms with E-state index in [-0.39, 0.29) is 5.82 Å². The highest BCUT2D eigenvalue weighted by atomic mass is 19.1. The van der Waals surface area contributed by atoms with Gasteiger partial charge in [0.15, 0.2) is 0 Å². The molecule has 110 valence electrons. The van der Waals surface area contributed by atoms with Crippen LogP contribution in [0, 0.1) is 5.82 Å². The summed E-state index contributed by atoms with van der Waals surface area (Å²) in [6.07, 6.45) is 1.07. The zero-order chi connectivity index (χ0) is 15.1. The van der Waals surface area contributed by atoms with Gasteiger partial charge in [0.05, 0.1) is 12.5 Å². The van der Waals surface area contributed by atoms with Crippen LogP contribution in [0.15, 0.2) is 54.6 Å². The van der Waals surface area contributed by atoms with Crippen LogP contribution in [-0.4, -0.2) is 17.7 Å². The molecule has 2 aromatic carbocycles. The Morgan fingerprint density at radius 3 is 2.57 bits per heavy atom. The number of aliphatic carboxylic acids is 1. The van der Waals surface area contributed by atoms with Crippen molar-refractivity contribution in [3.8, 4) is 5.75 Å². The van der Waals surface area contributed by atoms with E-state index >= 15 is 0 Å². The van der Waals surface area contributed by atoms with E-state index in [0.717, 1.165) is 5.56 Å². The summed E-state index contributed by atoms with van der Waals surface area (Å²) in [5.41, 5.74) is 0.788. The van der Waals surface area contributed by atoms with Crippen molar-refractivity contribution < 1.29 is 19.0 Å². The first-order valence-corrected chi connectivity index (χ1v) is 6.83. The number of ether oxygens (including phenoxy) is 1. The van der Waals surface area contributed by atoms with Crippen LogP contribution in [0.4, 0.5) is 4.39 Å². The van der Waals surface area contributed by atoms with Gasteiger partial charge in [0.25, 0.3) is 0 Å². The first-order valence-electron chi connectivity index (χ1n) is 6.83. The Morgan fingerprint density at radius 2 is 1.90 bits per heavy atom. The fraction of sp³-hybridized carbons (Fsp3) is 0.235. The Kier molecular flexibility index (Phi) is 5.32. The summed E-state index contributed by atoms with van der Waals surface area (Å²) in [6, 6.07) is 15.1. The molecule has 1 atom stereocenters. The molecule has 0 radical (unpaired) electrons. The van der Waals surface area contributed by atoms with Crippen molar-refractivity contribution in [1.82, 2.24) is 0 Å². The highest BCUT2D eigenvalue weighted by Gasteiger charge is 2.18. The molecule has 2 rings (SSSR count). The summed E-state index contributed by atoms with van der Waals surface area (Å²) < 4.78 is 18.4. The second-order valence-corrected chi connectivity index (χ2v) is 4.75. The molecule has 3 nitrogen and oxygen atoms in total. The van der Waals surface area contributed by atoms with Crippen molar-refractivity contribution in [1.29, 1.82) is 0 Å². The maximum atomic E-state index is 13.0. The van der Waals surface area contributed by atoms with Crippen LogP contribution in [0.1, 0.15) is 24.3 Å². The predicted molar refractivity (Wildman–Crippen MR) is 77.9 cm³/mol. The number of hydrogen-bond acceptors (Lipinski definition) is 2. The van der Waals surface area contributed by atoms with Gasteiger partial charge < -0.3 is 9.84 Å². The molecule has 1 N–H and O–H groups in total. The molecule has 0 aliphatic carbocycles. The van der Waals surface area contributed by atoms with Gasteiger partial charge in [-0.05, 0) is 30.5 Å². The molecule has 21 heavy (non-hydrogen) atoms. The molecule has 4 heteroatoms. The lowest BCUT2D eigenvalue weighted by atomic mass is 9.95. The normalized spacial score (nSPS) is 11.9. The summed E-state index contributed by atoms with van der Waals surface area (Å²) in [5.74, 6) is -1.27. The Morgan fingerprint density at radius 1 is 1.14 bits per heavy atom. The molecule has 0 aliphatic rings. The van der Waals surface area contributed by atoms with Crippen LogP contribution in [-0.2, 0) is 4.79 Å². The molecule has 0 amide bonds. The molecule has 0 aliphatic heterocycles. The Labute approximate surface area is 123 Å². The molecule has 2 aromatic rings. The summed E-state index contributed by atoms with van der Waals surface area (Å²) in [7, 11) is 0. The Hall–Kier alpha value is -2.36. The highest BCUT2D eigenvalue weighted by Crippen LogP contribution is 2.22. The number of halogens is 1. The van der Waals surface area contributed by atoms with E-state index in [4.69, 9.17) is 4.74 Å². The van der Waals surface area contributed by atoms with Crippen LogP contribution in [0.25, 0.3) is 0 Å². The number of carbonyl (C=O) groups is 1. The number of carboxylic acid groups (broad SMARTS) is 1. The third kappa shape index (κ3) is 4.60. The minimum absolute atomic E-state index is 0.347. The third-order valence-corrected chi connectivity index (χ3v) is 3.20. The predicted octanol–water partition coefficient (Wildman–Crippen LogP) is 3.85. The first kappa shape index (κ1) is 15.0. The average molecular weight is 288 g/mol. The molecule has 0 saturated heterocycles. The lowest BCUT2D eigenvalue weighted by Gasteiger charge is -2.13. The summed E-state index contributed by atoms with van der Waals surface area (Å²) in [6.45, 7) is 0.361. The Bertz CT molecular complexity index is 584. The highest BCUT2D eigenvalue weighted by molar-refractivity contribution is 5.75. The molecule has 1 unspecified atom stereocenters. The van der Waals surface area contributed by atoms with Crippen molar-refractivity contribution in [2.75, 3.05) is 6.61 Å². The largest absolute Gasteiger partial charge is 0.493 e. The molecule has 0 heterocycles. The van der Waals surface area contributed by atoms with Gasteiger partial charge in [-0.25, -0.2) is 4.39 Å². The fourth-order valence-electron chi connectivity index (χ4n) is 2.15. The van der Waals surface area contributed by atoms with Crippen LogP contribution in [0.5, 0.6) is 5.75 Å². The molecule has 0 fully saturated rings. The average Bonchev–Trinajstić information content (AvgIpc) is 2.48. The molecular weight excluding hydrogens is 271 g/mol. The van der Waals surface area contributed by atoms with Crippen molar-refractivity contribution in [2.24, 2.45) is 0 Å². The van der Waals surface area contributed by atoms with Crippen LogP contribution in [0.2, 0.25) is 0 Å². The van der Waals surface area contributed by atoms with Crippen molar-refractivity contribution in [2.45, 2.75) is 18.8 Å². The SMILES string of the molecule is O=C(O)C(CCCOc1cccc(F)c1)c1ccccc1. The molecule has 0 bridgehead atoms. The van der Waals surface area contributed by atoms with Gasteiger partial charge in [-0.1, -0.05) is 36.4 Å². The minimum atomic E-state index is -0.841. The number of carboxylic acids is 1. The van der Waals surface area contributed by atoms with Crippen LogP contribution in [0.3, 0.4) is 0 Å². The van der Waals surface area contributed by atoms with Crippen LogP contribution >= 0.6 is 0 Å². The second-order valence-electron chi connectivity index (χ2n) is 4.75. The van der Waals surface area contributed by atoms with Crippen molar-refractivity contribution in [3.05, 3.63) is 66.0 Å². The van der Waals surface area contributed by atoms with Crippen molar-refractivity contribution in [3.63, 3.8) is 0 Å². The number of benzene rings is 2. The van der Waals surface area contributed by atoms with E-state index in [1.165, 1.54) is 12.1 Å². The summed E-state index contributed by atoms with van der Waals surface area (Å²) in [5, 5.41) is 9.29. The monoisotopic (exact) mass is 288 g/mol. The van der Waals surface area contributed by atoms with Gasteiger partial charge in [0.1, 0.15) is 11.6 Å². The van der Waals surface area contributed by atoms with E-state index < -0.39 is 11.9 Å². The van der Waals surface area contributed by atoms with Gasteiger partial charge in [0.2, 0.25) is 0 Å². The van der Waals surface area contributed by atoms with Crippen LogP contribution < -0.4 is 4.74 Å². The van der Waals surface area contributed by atoms with E-state index in [0.29, 0.717) is 25.2 Å². The first-order chi connectivity index (χ1) is 10.2. The zero-order valence-corrected chi connectivity index (χ0v) is 11.5. The van der Waals surface area contributed by atoms with Gasteiger partial charge in [-0.2, -0.15) is 0 Å². The smallest absolute Gasteiger partial charge is 0.310 e. The standard InChI is InChI=1S/C17H17FO3/c18-14-8-4-9-15(12-14)21-11-5-10-16(17(19)20)13-6-2-1-3-7-13/h1-4,6-9,12,16H,5,10-11H2,(H,19,20). The van der Waals surface area contributed by atoms with Gasteiger partial charge in [-0.15, -0.1) is 0 Å². The summed E-state index contributed by atoms with van der Waals surface area (Å²) >= 11 is 0. The number of rotatable bonds is 7. The topological polar surface area (TPSA) is 46.5 Å². The van der Waals surface area contributed by atoms with E-state index in [2.05, 4.69) is 0 Å². The van der Waals surface area contributed by atoms with Gasteiger partial charge in [0, 0.05) is 6.07 Å². The molecule has 0 spiro atoms. The lowest BCUT2D eigenvalue weighted by Crippen LogP contribution is -2.13. The Balaban J connectivity index is 1.85. The van der Waals surface area contributed by atoms with E-state index in [9.17, 15) is 14.3 Å². The van der Waals surface area contributed by atoms with Gasteiger partial charge >= 0.3 is 5.97 Å². The third-order valence-electron chi connectivity index (χ3n) is 3.20. The molecule has 0 aromatic heterocycles. The fourth-order valence-corrected chi connectivity index (χ4v) is 2.15. The van der Waals surface area contributed by atoms with E-state index in [1.54, 1.807) is 12.1 Å². The minimum Gasteiger partial charge on any atom is -0.493 e. The van der Waals surface area contributed by atoms with Gasteiger partial charge in [-0.3, -0.25) is 4.79 Å². The molecular formula is C17H17FO3. The summed E-state index contributed by atoms with van der Waals surface area (Å²) in [4.78, 5) is 11.3. The van der Waals surface area contributed by atoms with Crippen molar-refractivity contribution >= 4 is 5.97 Å². The second kappa shape index (κ2) is 7.43. The lowest BCUT2D eigenvalue weighted by molar-refractivity contribution is -0.139. The zero-order valence-electron chi connectivity index (χ0n) is 11.5. The maximum Gasteiger partial charge on any atom is 0.310 e. The quantitative estimate of drug-likeness (QED) is 0.787.